The minimum Gasteiger partial charge on any atom is -0.166 e. The molecule has 15 heavy (non-hydrogen) atoms. The van der Waals surface area contributed by atoms with Crippen molar-refractivity contribution in [3.63, 3.8) is 0 Å². The molecule has 0 unspecified atom stereocenters. The smallest absolute Gasteiger partial charge is 0.166 e. The van der Waals surface area contributed by atoms with Gasteiger partial charge in [0.15, 0.2) is 0 Å². The van der Waals surface area contributed by atoms with E-state index in [1.165, 1.54) is 6.07 Å². The van der Waals surface area contributed by atoms with Crippen molar-refractivity contribution >= 4 is 27.5 Å². The van der Waals surface area contributed by atoms with E-state index in [1.807, 2.05) is 0 Å². The molecule has 0 spiro atoms. The number of hydrogen-bond donors (Lipinski definition) is 0. The molecule has 0 heterocycles. The van der Waals surface area contributed by atoms with Crippen molar-refractivity contribution in [3.8, 4) is 0 Å². The van der Waals surface area contributed by atoms with Crippen molar-refractivity contribution in [2.75, 3.05) is 5.88 Å². The van der Waals surface area contributed by atoms with Crippen molar-refractivity contribution in [2.24, 2.45) is 0 Å². The average molecular weight is 302 g/mol. The summed E-state index contributed by atoms with van der Waals surface area (Å²) in [5.41, 5.74) is 0.0285. The van der Waals surface area contributed by atoms with Crippen molar-refractivity contribution < 1.29 is 13.2 Å². The lowest BCUT2D eigenvalue weighted by Crippen LogP contribution is -2.05. The predicted octanol–water partition coefficient (Wildman–Crippen LogP) is 4.64. The lowest BCUT2D eigenvalue weighted by molar-refractivity contribution is -0.137. The molecular formula is C10H9BrClF3. The Balaban J connectivity index is 2.95. The topological polar surface area (TPSA) is 0 Å². The molecule has 0 atom stereocenters. The van der Waals surface area contributed by atoms with E-state index in [2.05, 4.69) is 15.9 Å². The molecule has 0 aliphatic rings. The van der Waals surface area contributed by atoms with E-state index in [0.29, 0.717) is 28.8 Å². The Bertz CT molecular complexity index is 336. The Labute approximate surface area is 99.6 Å². The van der Waals surface area contributed by atoms with E-state index < -0.39 is 11.7 Å². The highest BCUT2D eigenvalue weighted by Gasteiger charge is 2.30. The zero-order valence-electron chi connectivity index (χ0n) is 7.74. The van der Waals surface area contributed by atoms with Gasteiger partial charge in [-0.05, 0) is 36.6 Å². The van der Waals surface area contributed by atoms with Crippen molar-refractivity contribution in [1.29, 1.82) is 0 Å². The van der Waals surface area contributed by atoms with Crippen molar-refractivity contribution in [2.45, 2.75) is 19.0 Å². The van der Waals surface area contributed by atoms with Crippen molar-refractivity contribution in [3.05, 3.63) is 33.8 Å². The summed E-state index contributed by atoms with van der Waals surface area (Å²) >= 11 is 8.71. The first kappa shape index (κ1) is 12.8. The summed E-state index contributed by atoms with van der Waals surface area (Å²) in [6.45, 7) is 0. The maximum atomic E-state index is 12.4. The fraction of sp³-hybridized carbons (Fsp3) is 0.400. The van der Waals surface area contributed by atoms with Crippen LogP contribution in [-0.4, -0.2) is 5.88 Å². The number of benzene rings is 1. The van der Waals surface area contributed by atoms with Gasteiger partial charge >= 0.3 is 6.18 Å². The monoisotopic (exact) mass is 300 g/mol. The van der Waals surface area contributed by atoms with E-state index in [9.17, 15) is 13.2 Å². The molecule has 0 fully saturated rings. The third kappa shape index (κ3) is 3.68. The number of halogens is 5. The predicted molar refractivity (Wildman–Crippen MR) is 58.2 cm³/mol. The Morgan fingerprint density at radius 2 is 1.93 bits per heavy atom. The van der Waals surface area contributed by atoms with E-state index >= 15 is 0 Å². The normalized spacial score (nSPS) is 11.8. The van der Waals surface area contributed by atoms with Crippen LogP contribution in [-0.2, 0) is 12.6 Å². The molecule has 84 valence electrons. The van der Waals surface area contributed by atoms with Gasteiger partial charge in [-0.1, -0.05) is 15.9 Å². The van der Waals surface area contributed by atoms with E-state index in [-0.39, 0.29) is 0 Å². The van der Waals surface area contributed by atoms with Gasteiger partial charge in [-0.25, -0.2) is 0 Å². The summed E-state index contributed by atoms with van der Waals surface area (Å²) in [6, 6.07) is 3.65. The van der Waals surface area contributed by atoms with Crippen LogP contribution in [0.25, 0.3) is 0 Å². The highest BCUT2D eigenvalue weighted by Crippen LogP contribution is 2.32. The first-order chi connectivity index (χ1) is 6.95. The van der Waals surface area contributed by atoms with Crippen molar-refractivity contribution in [1.82, 2.24) is 0 Å². The molecule has 1 aromatic rings. The van der Waals surface area contributed by atoms with Gasteiger partial charge in [0.1, 0.15) is 0 Å². The minimum absolute atomic E-state index is 0.447. The molecule has 0 aliphatic carbocycles. The van der Waals surface area contributed by atoms with Crippen LogP contribution in [0.15, 0.2) is 22.7 Å². The summed E-state index contributed by atoms with van der Waals surface area (Å²) in [5.74, 6) is 0.447. The van der Waals surface area contributed by atoms with Crippen LogP contribution in [0.3, 0.4) is 0 Å². The third-order valence-corrected chi connectivity index (χ3v) is 2.99. The summed E-state index contributed by atoms with van der Waals surface area (Å²) < 4.78 is 37.8. The Kier molecular flexibility index (Phi) is 4.46. The largest absolute Gasteiger partial charge is 0.416 e. The number of alkyl halides is 4. The molecule has 1 rings (SSSR count). The van der Waals surface area contributed by atoms with Gasteiger partial charge in [-0.15, -0.1) is 11.6 Å². The van der Waals surface area contributed by atoms with Gasteiger partial charge in [0, 0.05) is 10.4 Å². The van der Waals surface area contributed by atoms with E-state index in [0.717, 1.165) is 12.1 Å². The maximum Gasteiger partial charge on any atom is 0.416 e. The molecule has 0 aromatic heterocycles. The number of rotatable bonds is 3. The Morgan fingerprint density at radius 3 is 2.47 bits per heavy atom. The summed E-state index contributed by atoms with van der Waals surface area (Å²) in [6.07, 6.45) is -3.06. The first-order valence-electron chi connectivity index (χ1n) is 4.36. The second-order valence-corrected chi connectivity index (χ2v) is 4.33. The molecule has 0 amide bonds. The zero-order chi connectivity index (χ0) is 11.5. The number of hydrogen-bond acceptors (Lipinski definition) is 0. The van der Waals surface area contributed by atoms with E-state index in [4.69, 9.17) is 11.6 Å². The SMILES string of the molecule is FC(F)(F)c1ccc(Br)c(CCCCl)c1. The second-order valence-electron chi connectivity index (χ2n) is 3.10. The molecular weight excluding hydrogens is 292 g/mol. The first-order valence-corrected chi connectivity index (χ1v) is 5.69. The van der Waals surface area contributed by atoms with Crippen LogP contribution in [0.4, 0.5) is 13.2 Å². The minimum atomic E-state index is -4.28. The molecule has 0 saturated heterocycles. The van der Waals surface area contributed by atoms with Gasteiger partial charge < -0.3 is 0 Å². The van der Waals surface area contributed by atoms with Gasteiger partial charge in [0.05, 0.1) is 5.56 Å². The van der Waals surface area contributed by atoms with Gasteiger partial charge in [-0.3, -0.25) is 0 Å². The molecule has 1 aromatic carbocycles. The summed E-state index contributed by atoms with van der Waals surface area (Å²) in [7, 11) is 0. The van der Waals surface area contributed by atoms with Gasteiger partial charge in [-0.2, -0.15) is 13.2 Å². The van der Waals surface area contributed by atoms with Crippen LogP contribution < -0.4 is 0 Å². The molecule has 5 heteroatoms. The molecule has 0 saturated carbocycles. The molecule has 0 bridgehead atoms. The van der Waals surface area contributed by atoms with Gasteiger partial charge in [0.25, 0.3) is 0 Å². The second kappa shape index (κ2) is 5.21. The fourth-order valence-electron chi connectivity index (χ4n) is 1.20. The van der Waals surface area contributed by atoms with E-state index in [1.54, 1.807) is 0 Å². The molecule has 0 nitrogen and oxygen atoms in total. The summed E-state index contributed by atoms with van der Waals surface area (Å²) in [5, 5.41) is 0. The standard InChI is InChI=1S/C10H9BrClF3/c11-9-4-3-8(10(13,14)15)6-7(9)2-1-5-12/h3-4,6H,1-2,5H2. The zero-order valence-corrected chi connectivity index (χ0v) is 10.1. The average Bonchev–Trinajstić information content (AvgIpc) is 2.15. The highest BCUT2D eigenvalue weighted by molar-refractivity contribution is 9.10. The van der Waals surface area contributed by atoms with Gasteiger partial charge in [0.2, 0.25) is 0 Å². The Hall–Kier alpha value is -0.220. The van der Waals surface area contributed by atoms with Crippen LogP contribution in [0.1, 0.15) is 17.5 Å². The number of aryl methyl sites for hydroxylation is 1. The Morgan fingerprint density at radius 1 is 1.27 bits per heavy atom. The van der Waals surface area contributed by atoms with Crippen LogP contribution in [0, 0.1) is 0 Å². The maximum absolute atomic E-state index is 12.4. The quantitative estimate of drug-likeness (QED) is 0.714. The molecule has 0 aliphatic heterocycles. The lowest BCUT2D eigenvalue weighted by atomic mass is 10.1. The highest BCUT2D eigenvalue weighted by atomic mass is 79.9. The third-order valence-electron chi connectivity index (χ3n) is 1.95. The van der Waals surface area contributed by atoms with Crippen LogP contribution in [0.5, 0.6) is 0 Å². The molecule has 0 N–H and O–H groups in total. The van der Waals surface area contributed by atoms with Crippen LogP contribution >= 0.6 is 27.5 Å². The lowest BCUT2D eigenvalue weighted by Gasteiger charge is -2.10. The summed E-state index contributed by atoms with van der Waals surface area (Å²) in [4.78, 5) is 0. The van der Waals surface area contributed by atoms with Crippen LogP contribution in [0.2, 0.25) is 0 Å². The fourth-order valence-corrected chi connectivity index (χ4v) is 1.78. The molecule has 0 radical (unpaired) electrons.